The Balaban J connectivity index is 1.34. The number of nitrogens with one attached hydrogen (secondary N) is 3. The van der Waals surface area contributed by atoms with Crippen molar-refractivity contribution in [2.75, 3.05) is 16.0 Å². The molecule has 4 rings (SSSR count). The second-order valence-corrected chi connectivity index (χ2v) is 6.77. The molecular weight excluding hydrogens is 382 g/mol. The van der Waals surface area contributed by atoms with Gasteiger partial charge in [0.2, 0.25) is 0 Å². The maximum absolute atomic E-state index is 12.5. The number of hydrogen-bond donors (Lipinski definition) is 3. The molecule has 3 aromatic carbocycles. The molecule has 0 spiro atoms. The van der Waals surface area contributed by atoms with E-state index in [1.54, 1.807) is 48.5 Å². The van der Waals surface area contributed by atoms with Gasteiger partial charge in [-0.1, -0.05) is 36.4 Å². The maximum atomic E-state index is 12.5. The summed E-state index contributed by atoms with van der Waals surface area (Å²) in [6.07, 6.45) is -0.561. The molecule has 0 bridgehead atoms. The SMILES string of the molecule is O=C(Nc1ccccc1)Nc1ccc(NC(=O)[C@@H]2Cc3ccccc3C(=O)O2)cc1. The lowest BCUT2D eigenvalue weighted by atomic mass is 9.98. The van der Waals surface area contributed by atoms with E-state index < -0.39 is 18.0 Å². The van der Waals surface area contributed by atoms with Crippen molar-refractivity contribution in [1.82, 2.24) is 0 Å². The minimum absolute atomic E-state index is 0.326. The average Bonchev–Trinajstić information content (AvgIpc) is 2.76. The minimum Gasteiger partial charge on any atom is -0.448 e. The third-order valence-corrected chi connectivity index (χ3v) is 4.63. The van der Waals surface area contributed by atoms with Crippen LogP contribution in [0.5, 0.6) is 0 Å². The highest BCUT2D eigenvalue weighted by Crippen LogP contribution is 2.22. The smallest absolute Gasteiger partial charge is 0.339 e. The van der Waals surface area contributed by atoms with Crippen LogP contribution in [0.4, 0.5) is 21.9 Å². The molecule has 0 saturated carbocycles. The van der Waals surface area contributed by atoms with E-state index in [1.807, 2.05) is 30.3 Å². The van der Waals surface area contributed by atoms with Crippen molar-refractivity contribution in [3.63, 3.8) is 0 Å². The number of para-hydroxylation sites is 1. The van der Waals surface area contributed by atoms with Crippen LogP contribution in [0, 0.1) is 0 Å². The van der Waals surface area contributed by atoms with Crippen LogP contribution in [0.3, 0.4) is 0 Å². The highest BCUT2D eigenvalue weighted by atomic mass is 16.5. The van der Waals surface area contributed by atoms with Crippen molar-refractivity contribution in [3.8, 4) is 0 Å². The summed E-state index contributed by atoms with van der Waals surface area (Å²) in [5.74, 6) is -0.902. The number of amides is 3. The summed E-state index contributed by atoms with van der Waals surface area (Å²) in [5.41, 5.74) is 3.06. The first-order valence-electron chi connectivity index (χ1n) is 9.41. The molecule has 0 aromatic heterocycles. The predicted molar refractivity (Wildman–Crippen MR) is 114 cm³/mol. The number of carbonyl (C=O) groups excluding carboxylic acids is 3. The second-order valence-electron chi connectivity index (χ2n) is 6.77. The molecule has 0 unspecified atom stereocenters. The molecule has 0 fully saturated rings. The zero-order valence-electron chi connectivity index (χ0n) is 15.9. The Hall–Kier alpha value is -4.13. The highest BCUT2D eigenvalue weighted by molar-refractivity contribution is 6.01. The molecule has 3 N–H and O–H groups in total. The van der Waals surface area contributed by atoms with Crippen LogP contribution in [0.2, 0.25) is 0 Å². The molecule has 150 valence electrons. The predicted octanol–water partition coefficient (Wildman–Crippen LogP) is 4.05. The monoisotopic (exact) mass is 401 g/mol. The molecule has 1 aliphatic heterocycles. The number of cyclic esters (lactones) is 1. The van der Waals surface area contributed by atoms with Crippen LogP contribution in [0.15, 0.2) is 78.9 Å². The van der Waals surface area contributed by atoms with Crippen molar-refractivity contribution in [3.05, 3.63) is 90.0 Å². The molecule has 1 aliphatic rings. The molecular formula is C23H19N3O4. The summed E-state index contributed by atoms with van der Waals surface area (Å²) < 4.78 is 5.26. The molecule has 0 saturated heterocycles. The van der Waals surface area contributed by atoms with Gasteiger partial charge in [0, 0.05) is 23.5 Å². The summed E-state index contributed by atoms with van der Waals surface area (Å²) in [6.45, 7) is 0. The quantitative estimate of drug-likeness (QED) is 0.575. The van der Waals surface area contributed by atoms with E-state index in [0.29, 0.717) is 29.0 Å². The van der Waals surface area contributed by atoms with E-state index in [9.17, 15) is 14.4 Å². The number of urea groups is 1. The summed E-state index contributed by atoms with van der Waals surface area (Å²) in [6, 6.07) is 22.5. The molecule has 3 aromatic rings. The van der Waals surface area contributed by atoms with E-state index in [-0.39, 0.29) is 6.03 Å². The Morgan fingerprint density at radius 2 is 1.30 bits per heavy atom. The molecule has 7 heteroatoms. The van der Waals surface area contributed by atoms with E-state index >= 15 is 0 Å². The lowest BCUT2D eigenvalue weighted by Crippen LogP contribution is -2.37. The molecule has 0 radical (unpaired) electrons. The third-order valence-electron chi connectivity index (χ3n) is 4.63. The molecule has 30 heavy (non-hydrogen) atoms. The van der Waals surface area contributed by atoms with Crippen LogP contribution < -0.4 is 16.0 Å². The van der Waals surface area contributed by atoms with Crippen molar-refractivity contribution in [2.45, 2.75) is 12.5 Å². The fourth-order valence-electron chi connectivity index (χ4n) is 3.15. The topological polar surface area (TPSA) is 96.5 Å². The first-order valence-corrected chi connectivity index (χ1v) is 9.41. The summed E-state index contributed by atoms with van der Waals surface area (Å²) in [5, 5.41) is 8.18. The standard InChI is InChI=1S/C23H19N3O4/c27-21(20-14-15-6-4-5-9-19(15)22(28)30-20)24-17-10-12-18(13-11-17)26-23(29)25-16-7-2-1-3-8-16/h1-13,20H,14H2,(H,24,27)(H2,25,26,29)/t20-/m0/s1. The average molecular weight is 401 g/mol. The minimum atomic E-state index is -0.887. The van der Waals surface area contributed by atoms with Gasteiger partial charge in [-0.25, -0.2) is 9.59 Å². The van der Waals surface area contributed by atoms with Gasteiger partial charge in [0.05, 0.1) is 5.56 Å². The van der Waals surface area contributed by atoms with Gasteiger partial charge in [0.15, 0.2) is 6.10 Å². The van der Waals surface area contributed by atoms with Crippen molar-refractivity contribution < 1.29 is 19.1 Å². The van der Waals surface area contributed by atoms with Crippen molar-refractivity contribution in [1.29, 1.82) is 0 Å². The maximum Gasteiger partial charge on any atom is 0.339 e. The summed E-state index contributed by atoms with van der Waals surface area (Å²) >= 11 is 0. The van der Waals surface area contributed by atoms with E-state index in [2.05, 4.69) is 16.0 Å². The number of rotatable bonds is 4. The van der Waals surface area contributed by atoms with E-state index in [4.69, 9.17) is 4.74 Å². The Kier molecular flexibility index (Phi) is 5.43. The number of carbonyl (C=O) groups is 3. The highest BCUT2D eigenvalue weighted by Gasteiger charge is 2.31. The third kappa shape index (κ3) is 4.47. The second kappa shape index (κ2) is 8.48. The largest absolute Gasteiger partial charge is 0.448 e. The fraction of sp³-hybridized carbons (Fsp3) is 0.0870. The van der Waals surface area contributed by atoms with Gasteiger partial charge in [0.1, 0.15) is 0 Å². The molecule has 0 aliphatic carbocycles. The Bertz CT molecular complexity index is 1080. The number of benzene rings is 3. The van der Waals surface area contributed by atoms with Gasteiger partial charge in [-0.2, -0.15) is 0 Å². The zero-order chi connectivity index (χ0) is 20.9. The van der Waals surface area contributed by atoms with Gasteiger partial charge >= 0.3 is 12.0 Å². The van der Waals surface area contributed by atoms with E-state index in [0.717, 1.165) is 5.56 Å². The van der Waals surface area contributed by atoms with Crippen molar-refractivity contribution >= 4 is 35.0 Å². The number of ether oxygens (including phenoxy) is 1. The van der Waals surface area contributed by atoms with Gasteiger partial charge in [-0.15, -0.1) is 0 Å². The summed E-state index contributed by atoms with van der Waals surface area (Å²) in [7, 11) is 0. The fourth-order valence-corrected chi connectivity index (χ4v) is 3.15. The Labute approximate surface area is 173 Å². The van der Waals surface area contributed by atoms with Gasteiger partial charge < -0.3 is 20.7 Å². The molecule has 3 amide bonds. The Morgan fingerprint density at radius 3 is 2.00 bits per heavy atom. The normalized spacial score (nSPS) is 14.8. The lowest BCUT2D eigenvalue weighted by molar-refractivity contribution is -0.125. The molecule has 1 heterocycles. The van der Waals surface area contributed by atoms with Crippen molar-refractivity contribution in [2.24, 2.45) is 0 Å². The number of esters is 1. The zero-order valence-corrected chi connectivity index (χ0v) is 15.9. The number of fused-ring (bicyclic) bond motifs is 1. The summed E-state index contributed by atoms with van der Waals surface area (Å²) in [4.78, 5) is 36.6. The molecule has 7 nitrogen and oxygen atoms in total. The lowest BCUT2D eigenvalue weighted by Gasteiger charge is -2.23. The number of hydrogen-bond acceptors (Lipinski definition) is 4. The van der Waals surface area contributed by atoms with Crippen LogP contribution in [-0.2, 0) is 16.0 Å². The van der Waals surface area contributed by atoms with Crippen LogP contribution in [0.25, 0.3) is 0 Å². The first kappa shape index (κ1) is 19.2. The van der Waals surface area contributed by atoms with E-state index in [1.165, 1.54) is 0 Å². The first-order chi connectivity index (χ1) is 14.6. The molecule has 1 atom stereocenters. The Morgan fingerprint density at radius 1 is 0.733 bits per heavy atom. The van der Waals surface area contributed by atoms with Crippen LogP contribution >= 0.6 is 0 Å². The van der Waals surface area contributed by atoms with Gasteiger partial charge in [-0.3, -0.25) is 4.79 Å². The number of anilines is 3. The van der Waals surface area contributed by atoms with Gasteiger partial charge in [-0.05, 0) is 48.0 Å². The van der Waals surface area contributed by atoms with Gasteiger partial charge in [0.25, 0.3) is 5.91 Å². The van der Waals surface area contributed by atoms with Crippen LogP contribution in [0.1, 0.15) is 15.9 Å². The van der Waals surface area contributed by atoms with Crippen LogP contribution in [-0.4, -0.2) is 24.0 Å².